The predicted octanol–water partition coefficient (Wildman–Crippen LogP) is 4.03. The standard InChI is InChI=1S/C13H16BrNO2/c1-9(13(2,3)4)15-17-12(16)10-5-7-11(14)8-6-10/h5-8H,1-4H3/b15-9-. The average Bonchev–Trinajstić information content (AvgIpc) is 2.25. The van der Waals surface area contributed by atoms with Gasteiger partial charge in [0.2, 0.25) is 0 Å². The van der Waals surface area contributed by atoms with Gasteiger partial charge < -0.3 is 4.84 Å². The second-order valence-electron chi connectivity index (χ2n) is 4.81. The lowest BCUT2D eigenvalue weighted by Gasteiger charge is -2.16. The molecule has 0 unspecified atom stereocenters. The SMILES string of the molecule is C/C(=N/OC(=O)c1ccc(Br)cc1)C(C)(C)C. The Balaban J connectivity index is 2.71. The molecule has 0 aliphatic heterocycles. The van der Waals surface area contributed by atoms with Gasteiger partial charge in [0.25, 0.3) is 0 Å². The van der Waals surface area contributed by atoms with Crippen LogP contribution in [-0.2, 0) is 4.84 Å². The number of oxime groups is 1. The molecule has 0 heterocycles. The van der Waals surface area contributed by atoms with E-state index in [1.54, 1.807) is 24.3 Å². The Hall–Kier alpha value is -1.16. The van der Waals surface area contributed by atoms with Crippen LogP contribution in [0.3, 0.4) is 0 Å². The van der Waals surface area contributed by atoms with Crippen molar-refractivity contribution >= 4 is 27.6 Å². The summed E-state index contributed by atoms with van der Waals surface area (Å²) in [5, 5.41) is 3.85. The molecule has 0 aliphatic carbocycles. The molecule has 1 rings (SSSR count). The molecule has 92 valence electrons. The molecule has 4 heteroatoms. The molecule has 0 bridgehead atoms. The van der Waals surface area contributed by atoms with Crippen LogP contribution in [-0.4, -0.2) is 11.7 Å². The second kappa shape index (κ2) is 5.45. The first kappa shape index (κ1) is 13.9. The third kappa shape index (κ3) is 4.30. The summed E-state index contributed by atoms with van der Waals surface area (Å²) in [7, 11) is 0. The zero-order valence-electron chi connectivity index (χ0n) is 10.5. The maximum atomic E-state index is 11.6. The maximum absolute atomic E-state index is 11.6. The van der Waals surface area contributed by atoms with Gasteiger partial charge in [-0.2, -0.15) is 0 Å². The third-order valence-corrected chi connectivity index (χ3v) is 2.96. The molecule has 0 spiro atoms. The Morgan fingerprint density at radius 2 is 1.76 bits per heavy atom. The number of hydrogen-bond acceptors (Lipinski definition) is 3. The van der Waals surface area contributed by atoms with Gasteiger partial charge in [0, 0.05) is 9.89 Å². The van der Waals surface area contributed by atoms with Crippen molar-refractivity contribution in [2.75, 3.05) is 0 Å². The maximum Gasteiger partial charge on any atom is 0.365 e. The van der Waals surface area contributed by atoms with Crippen molar-refractivity contribution < 1.29 is 9.63 Å². The number of benzene rings is 1. The van der Waals surface area contributed by atoms with Crippen molar-refractivity contribution in [3.05, 3.63) is 34.3 Å². The molecule has 1 aromatic carbocycles. The van der Waals surface area contributed by atoms with Gasteiger partial charge in [-0.25, -0.2) is 4.79 Å². The summed E-state index contributed by atoms with van der Waals surface area (Å²) in [5.74, 6) is -0.443. The summed E-state index contributed by atoms with van der Waals surface area (Å²) < 4.78 is 0.920. The summed E-state index contributed by atoms with van der Waals surface area (Å²) in [6.07, 6.45) is 0. The van der Waals surface area contributed by atoms with E-state index in [1.165, 1.54) is 0 Å². The van der Waals surface area contributed by atoms with Crippen LogP contribution in [0.2, 0.25) is 0 Å². The van der Waals surface area contributed by atoms with Crippen molar-refractivity contribution in [1.29, 1.82) is 0 Å². The van der Waals surface area contributed by atoms with Crippen molar-refractivity contribution in [3.8, 4) is 0 Å². The summed E-state index contributed by atoms with van der Waals surface area (Å²) in [5.41, 5.74) is 1.17. The van der Waals surface area contributed by atoms with Crippen LogP contribution in [0.4, 0.5) is 0 Å². The molecule has 0 saturated heterocycles. The van der Waals surface area contributed by atoms with Crippen LogP contribution >= 0.6 is 15.9 Å². The fraction of sp³-hybridized carbons (Fsp3) is 0.385. The van der Waals surface area contributed by atoms with E-state index in [9.17, 15) is 4.79 Å². The highest BCUT2D eigenvalue weighted by Gasteiger charge is 2.16. The monoisotopic (exact) mass is 297 g/mol. The average molecular weight is 298 g/mol. The molecule has 0 radical (unpaired) electrons. The fourth-order valence-electron chi connectivity index (χ4n) is 0.886. The highest BCUT2D eigenvalue weighted by Crippen LogP contribution is 2.16. The van der Waals surface area contributed by atoms with Crippen molar-refractivity contribution in [2.45, 2.75) is 27.7 Å². The number of carbonyl (C=O) groups excluding carboxylic acids is 1. The Kier molecular flexibility index (Phi) is 4.46. The fourth-order valence-corrected chi connectivity index (χ4v) is 1.15. The minimum atomic E-state index is -0.443. The summed E-state index contributed by atoms with van der Waals surface area (Å²) >= 11 is 3.30. The van der Waals surface area contributed by atoms with Gasteiger partial charge >= 0.3 is 5.97 Å². The van der Waals surface area contributed by atoms with Crippen molar-refractivity contribution in [2.24, 2.45) is 10.6 Å². The highest BCUT2D eigenvalue weighted by molar-refractivity contribution is 9.10. The zero-order valence-corrected chi connectivity index (χ0v) is 12.0. The first-order valence-electron chi connectivity index (χ1n) is 5.32. The Labute approximate surface area is 110 Å². The van der Waals surface area contributed by atoms with E-state index in [0.29, 0.717) is 5.56 Å². The van der Waals surface area contributed by atoms with Gasteiger partial charge in [-0.3, -0.25) is 0 Å². The minimum Gasteiger partial charge on any atom is -0.313 e. The molecule has 0 aliphatic rings. The van der Waals surface area contributed by atoms with Gasteiger partial charge in [-0.05, 0) is 31.2 Å². The van der Waals surface area contributed by atoms with E-state index in [-0.39, 0.29) is 5.41 Å². The second-order valence-corrected chi connectivity index (χ2v) is 5.73. The van der Waals surface area contributed by atoms with Crippen LogP contribution in [0, 0.1) is 5.41 Å². The summed E-state index contributed by atoms with van der Waals surface area (Å²) in [4.78, 5) is 16.5. The Bertz CT molecular complexity index is 430. The number of carbonyl (C=O) groups is 1. The lowest BCUT2D eigenvalue weighted by atomic mass is 9.91. The number of nitrogens with zero attached hydrogens (tertiary/aromatic N) is 1. The van der Waals surface area contributed by atoms with E-state index in [0.717, 1.165) is 10.2 Å². The van der Waals surface area contributed by atoms with Crippen LogP contribution in [0.15, 0.2) is 33.9 Å². The predicted molar refractivity (Wildman–Crippen MR) is 72.1 cm³/mol. The first-order valence-corrected chi connectivity index (χ1v) is 6.12. The molecule has 1 aromatic rings. The van der Waals surface area contributed by atoms with Crippen LogP contribution < -0.4 is 0 Å². The third-order valence-electron chi connectivity index (χ3n) is 2.43. The van der Waals surface area contributed by atoms with E-state index in [1.807, 2.05) is 27.7 Å². The quantitative estimate of drug-likeness (QED) is 0.470. The van der Waals surface area contributed by atoms with Gasteiger partial charge in [0.15, 0.2) is 0 Å². The van der Waals surface area contributed by atoms with Crippen LogP contribution in [0.1, 0.15) is 38.1 Å². The summed E-state index contributed by atoms with van der Waals surface area (Å²) in [6.45, 7) is 7.88. The van der Waals surface area contributed by atoms with Crippen molar-refractivity contribution in [3.63, 3.8) is 0 Å². The van der Waals surface area contributed by atoms with Crippen LogP contribution in [0.5, 0.6) is 0 Å². The Morgan fingerprint density at radius 1 is 1.24 bits per heavy atom. The summed E-state index contributed by atoms with van der Waals surface area (Å²) in [6, 6.07) is 6.95. The van der Waals surface area contributed by atoms with Gasteiger partial charge in [-0.15, -0.1) is 0 Å². The molecule has 0 aromatic heterocycles. The van der Waals surface area contributed by atoms with E-state index in [2.05, 4.69) is 21.1 Å². The lowest BCUT2D eigenvalue weighted by molar-refractivity contribution is 0.0512. The van der Waals surface area contributed by atoms with Gasteiger partial charge in [-0.1, -0.05) is 41.9 Å². The molecular formula is C13H16BrNO2. The molecular weight excluding hydrogens is 282 g/mol. The van der Waals surface area contributed by atoms with Crippen molar-refractivity contribution in [1.82, 2.24) is 0 Å². The topological polar surface area (TPSA) is 38.7 Å². The Morgan fingerprint density at radius 3 is 2.24 bits per heavy atom. The van der Waals surface area contributed by atoms with Gasteiger partial charge in [0.05, 0.1) is 11.3 Å². The largest absolute Gasteiger partial charge is 0.365 e. The molecule has 0 N–H and O–H groups in total. The number of rotatable bonds is 2. The van der Waals surface area contributed by atoms with Crippen LogP contribution in [0.25, 0.3) is 0 Å². The van der Waals surface area contributed by atoms with E-state index in [4.69, 9.17) is 4.84 Å². The molecule has 0 atom stereocenters. The minimum absolute atomic E-state index is 0.0972. The zero-order chi connectivity index (χ0) is 13.1. The molecule has 3 nitrogen and oxygen atoms in total. The lowest BCUT2D eigenvalue weighted by Crippen LogP contribution is -2.17. The molecule has 0 saturated carbocycles. The van der Waals surface area contributed by atoms with Gasteiger partial charge in [0.1, 0.15) is 0 Å². The number of halogens is 1. The smallest absolute Gasteiger partial charge is 0.313 e. The molecule has 0 fully saturated rings. The normalized spacial score (nSPS) is 12.4. The number of hydrogen-bond donors (Lipinski definition) is 0. The van der Waals surface area contributed by atoms with E-state index >= 15 is 0 Å². The van der Waals surface area contributed by atoms with E-state index < -0.39 is 5.97 Å². The molecule has 17 heavy (non-hydrogen) atoms. The highest BCUT2D eigenvalue weighted by atomic mass is 79.9. The first-order chi connectivity index (χ1) is 7.80. The molecule has 0 amide bonds.